The summed E-state index contributed by atoms with van der Waals surface area (Å²) in [7, 11) is 0. The van der Waals surface area contributed by atoms with Crippen LogP contribution in [0.2, 0.25) is 0 Å². The first-order valence-corrected chi connectivity index (χ1v) is 9.50. The lowest BCUT2D eigenvalue weighted by atomic mass is 10.0. The summed E-state index contributed by atoms with van der Waals surface area (Å²) in [5.41, 5.74) is 3.42. The number of aromatic nitrogens is 1. The van der Waals surface area contributed by atoms with Crippen LogP contribution in [0.3, 0.4) is 0 Å². The minimum absolute atomic E-state index is 0.0758. The van der Waals surface area contributed by atoms with E-state index in [1.54, 1.807) is 0 Å². The van der Waals surface area contributed by atoms with Gasteiger partial charge in [-0.25, -0.2) is 4.98 Å². The van der Waals surface area contributed by atoms with Crippen molar-refractivity contribution in [3.8, 4) is 0 Å². The molecule has 1 aliphatic heterocycles. The first-order chi connectivity index (χ1) is 12.7. The fourth-order valence-corrected chi connectivity index (χ4v) is 3.46. The van der Waals surface area contributed by atoms with E-state index in [9.17, 15) is 4.79 Å². The Hall–Kier alpha value is -2.40. The number of nitrogens with one attached hydrogen (secondary N) is 1. The zero-order valence-corrected chi connectivity index (χ0v) is 15.7. The molecular formula is C21H28N4O. The number of anilines is 2. The molecule has 1 aliphatic rings. The molecule has 1 fully saturated rings. The molecule has 0 atom stereocenters. The van der Waals surface area contributed by atoms with Crippen molar-refractivity contribution in [2.24, 2.45) is 0 Å². The van der Waals surface area contributed by atoms with Crippen LogP contribution in [-0.2, 0) is 17.6 Å². The Labute approximate surface area is 156 Å². The maximum absolute atomic E-state index is 12.6. The number of carbonyl (C=O) groups excluding carboxylic acids is 1. The second-order valence-corrected chi connectivity index (χ2v) is 6.66. The zero-order chi connectivity index (χ0) is 18.4. The highest BCUT2D eigenvalue weighted by molar-refractivity contribution is 5.93. The first-order valence-electron chi connectivity index (χ1n) is 9.50. The Morgan fingerprint density at radius 1 is 1.00 bits per heavy atom. The van der Waals surface area contributed by atoms with E-state index >= 15 is 0 Å². The first kappa shape index (κ1) is 18.4. The fraction of sp³-hybridized carbons (Fsp3) is 0.429. The van der Waals surface area contributed by atoms with Gasteiger partial charge in [0.2, 0.25) is 5.91 Å². The van der Waals surface area contributed by atoms with Gasteiger partial charge in [0.15, 0.2) is 0 Å². The van der Waals surface area contributed by atoms with Gasteiger partial charge in [0.25, 0.3) is 0 Å². The number of para-hydroxylation sites is 1. The van der Waals surface area contributed by atoms with E-state index in [0.717, 1.165) is 50.5 Å². The summed E-state index contributed by atoms with van der Waals surface area (Å²) in [6.07, 6.45) is 3.67. The van der Waals surface area contributed by atoms with Crippen LogP contribution in [0.25, 0.3) is 0 Å². The quantitative estimate of drug-likeness (QED) is 0.868. The number of rotatable bonds is 6. The molecule has 138 valence electrons. The number of hydrogen-bond acceptors (Lipinski definition) is 4. The van der Waals surface area contributed by atoms with Gasteiger partial charge >= 0.3 is 0 Å². The number of amides is 1. The number of pyridine rings is 1. The van der Waals surface area contributed by atoms with E-state index in [2.05, 4.69) is 52.1 Å². The summed E-state index contributed by atoms with van der Waals surface area (Å²) in [5, 5.41) is 3.16. The van der Waals surface area contributed by atoms with Gasteiger partial charge < -0.3 is 10.2 Å². The molecule has 26 heavy (non-hydrogen) atoms. The lowest BCUT2D eigenvalue weighted by Crippen LogP contribution is -2.49. The highest BCUT2D eigenvalue weighted by Gasteiger charge is 2.20. The Morgan fingerprint density at radius 3 is 2.27 bits per heavy atom. The third-order valence-corrected chi connectivity index (χ3v) is 4.98. The van der Waals surface area contributed by atoms with Crippen molar-refractivity contribution in [1.29, 1.82) is 0 Å². The highest BCUT2D eigenvalue weighted by atomic mass is 16.2. The topological polar surface area (TPSA) is 48.5 Å². The smallest absolute Gasteiger partial charge is 0.238 e. The van der Waals surface area contributed by atoms with Crippen LogP contribution in [0.4, 0.5) is 11.5 Å². The van der Waals surface area contributed by atoms with Gasteiger partial charge in [0.05, 0.1) is 6.54 Å². The summed E-state index contributed by atoms with van der Waals surface area (Å²) in [6, 6.07) is 12.3. The van der Waals surface area contributed by atoms with Gasteiger partial charge in [-0.2, -0.15) is 0 Å². The van der Waals surface area contributed by atoms with Crippen molar-refractivity contribution < 1.29 is 4.79 Å². The zero-order valence-electron chi connectivity index (χ0n) is 15.7. The number of hydrogen-bond donors (Lipinski definition) is 1. The normalized spacial score (nSPS) is 15.1. The average Bonchev–Trinajstić information content (AvgIpc) is 2.69. The van der Waals surface area contributed by atoms with Gasteiger partial charge in [-0.05, 0) is 36.1 Å². The van der Waals surface area contributed by atoms with E-state index < -0.39 is 0 Å². The molecule has 1 N–H and O–H groups in total. The van der Waals surface area contributed by atoms with Crippen LogP contribution in [0.5, 0.6) is 0 Å². The van der Waals surface area contributed by atoms with Gasteiger partial charge in [0.1, 0.15) is 5.82 Å². The van der Waals surface area contributed by atoms with Crippen LogP contribution in [0.15, 0.2) is 42.6 Å². The number of carbonyl (C=O) groups is 1. The molecule has 0 unspecified atom stereocenters. The number of nitrogens with zero attached hydrogens (tertiary/aromatic N) is 3. The van der Waals surface area contributed by atoms with E-state index in [1.807, 2.05) is 24.4 Å². The molecule has 3 rings (SSSR count). The van der Waals surface area contributed by atoms with E-state index in [-0.39, 0.29) is 5.91 Å². The van der Waals surface area contributed by atoms with Crippen LogP contribution in [0.1, 0.15) is 25.0 Å². The third-order valence-electron chi connectivity index (χ3n) is 4.98. The Bertz CT molecular complexity index is 702. The molecular weight excluding hydrogens is 324 g/mol. The Morgan fingerprint density at radius 2 is 1.69 bits per heavy atom. The molecule has 0 spiro atoms. The second kappa shape index (κ2) is 8.81. The molecule has 1 aromatic heterocycles. The molecule has 0 aliphatic carbocycles. The Balaban J connectivity index is 1.55. The van der Waals surface area contributed by atoms with Crippen molar-refractivity contribution >= 4 is 17.4 Å². The molecule has 0 radical (unpaired) electrons. The van der Waals surface area contributed by atoms with Gasteiger partial charge in [0, 0.05) is 38.1 Å². The minimum Gasteiger partial charge on any atom is -0.354 e. The van der Waals surface area contributed by atoms with E-state index in [4.69, 9.17) is 0 Å². The lowest BCUT2D eigenvalue weighted by molar-refractivity contribution is -0.117. The minimum atomic E-state index is 0.0758. The predicted molar refractivity (Wildman–Crippen MR) is 107 cm³/mol. The van der Waals surface area contributed by atoms with Crippen molar-refractivity contribution in [1.82, 2.24) is 9.88 Å². The van der Waals surface area contributed by atoms with Crippen LogP contribution in [0, 0.1) is 0 Å². The van der Waals surface area contributed by atoms with Crippen molar-refractivity contribution in [2.75, 3.05) is 42.9 Å². The standard InChI is InChI=1S/C21H28N4O/c1-3-17-8-7-9-18(4-2)21(17)23-20(26)16-24-12-14-25(15-13-24)19-10-5-6-11-22-19/h5-11H,3-4,12-16H2,1-2H3,(H,23,26). The maximum atomic E-state index is 12.6. The molecule has 0 saturated carbocycles. The molecule has 5 nitrogen and oxygen atoms in total. The van der Waals surface area contributed by atoms with Gasteiger partial charge in [-0.15, -0.1) is 0 Å². The highest BCUT2D eigenvalue weighted by Crippen LogP contribution is 2.22. The average molecular weight is 352 g/mol. The molecule has 1 aromatic carbocycles. The van der Waals surface area contributed by atoms with Crippen LogP contribution in [-0.4, -0.2) is 48.5 Å². The maximum Gasteiger partial charge on any atom is 0.238 e. The largest absolute Gasteiger partial charge is 0.354 e. The van der Waals surface area contributed by atoms with Crippen molar-refractivity contribution in [3.05, 3.63) is 53.7 Å². The van der Waals surface area contributed by atoms with Crippen molar-refractivity contribution in [3.63, 3.8) is 0 Å². The molecule has 2 aromatic rings. The van der Waals surface area contributed by atoms with Crippen LogP contribution >= 0.6 is 0 Å². The number of aryl methyl sites for hydroxylation is 2. The van der Waals surface area contributed by atoms with Crippen LogP contribution < -0.4 is 10.2 Å². The molecule has 1 saturated heterocycles. The summed E-state index contributed by atoms with van der Waals surface area (Å²) < 4.78 is 0. The van der Waals surface area contributed by atoms with Crippen molar-refractivity contribution in [2.45, 2.75) is 26.7 Å². The Kier molecular flexibility index (Phi) is 6.23. The monoisotopic (exact) mass is 352 g/mol. The molecule has 5 heteroatoms. The van der Waals surface area contributed by atoms with E-state index in [1.165, 1.54) is 11.1 Å². The van der Waals surface area contributed by atoms with E-state index in [0.29, 0.717) is 6.54 Å². The molecule has 2 heterocycles. The number of piperazine rings is 1. The summed E-state index contributed by atoms with van der Waals surface area (Å²) >= 11 is 0. The predicted octanol–water partition coefficient (Wildman–Crippen LogP) is 2.97. The summed E-state index contributed by atoms with van der Waals surface area (Å²) in [6.45, 7) is 8.24. The number of benzene rings is 1. The SMILES string of the molecule is CCc1cccc(CC)c1NC(=O)CN1CCN(c2ccccn2)CC1. The second-order valence-electron chi connectivity index (χ2n) is 6.66. The van der Waals surface area contributed by atoms with Gasteiger partial charge in [-0.1, -0.05) is 38.1 Å². The molecule has 1 amide bonds. The fourth-order valence-electron chi connectivity index (χ4n) is 3.46. The molecule has 0 bridgehead atoms. The lowest BCUT2D eigenvalue weighted by Gasteiger charge is -2.35. The van der Waals surface area contributed by atoms with Gasteiger partial charge in [-0.3, -0.25) is 9.69 Å². The third kappa shape index (κ3) is 4.41. The summed E-state index contributed by atoms with van der Waals surface area (Å²) in [4.78, 5) is 21.5. The summed E-state index contributed by atoms with van der Waals surface area (Å²) in [5.74, 6) is 1.09.